The number of amides is 1. The quantitative estimate of drug-likeness (QED) is 0.0321. The minimum atomic E-state index is -0.813. The molecule has 3 N–H and O–H groups in total. The summed E-state index contributed by atoms with van der Waals surface area (Å²) in [7, 11) is 0. The lowest BCUT2D eigenvalue weighted by Crippen LogP contribution is -2.46. The number of unbranched alkanes of at least 4 members (excludes halogenated alkanes) is 23. The maximum absolute atomic E-state index is 13.2. The van der Waals surface area contributed by atoms with Crippen LogP contribution in [0.4, 0.5) is 0 Å². The first-order valence-corrected chi connectivity index (χ1v) is 26.7. The van der Waals surface area contributed by atoms with E-state index in [-0.39, 0.29) is 31.3 Å². The van der Waals surface area contributed by atoms with Gasteiger partial charge in [-0.3, -0.25) is 9.59 Å². The Morgan fingerprint density at radius 3 is 1.29 bits per heavy atom. The molecule has 0 saturated carbocycles. The number of rotatable bonds is 47. The summed E-state index contributed by atoms with van der Waals surface area (Å²) in [5.41, 5.74) is 0. The molecule has 0 heterocycles. The van der Waals surface area contributed by atoms with Crippen LogP contribution in [0, 0.1) is 0 Å². The molecule has 0 aromatic rings. The zero-order chi connectivity index (χ0) is 45.9. The van der Waals surface area contributed by atoms with Gasteiger partial charge in [0.05, 0.1) is 25.2 Å². The number of nitrogens with one attached hydrogen (secondary N) is 1. The maximum atomic E-state index is 13.2. The molecule has 0 aromatic heterocycles. The van der Waals surface area contributed by atoms with Crippen LogP contribution in [0.2, 0.25) is 0 Å². The second-order valence-corrected chi connectivity index (χ2v) is 17.9. The fraction of sp³-hybridized carbons (Fsp3) is 0.754. The summed E-state index contributed by atoms with van der Waals surface area (Å²) in [6, 6.07) is -0.732. The SMILES string of the molecule is CCCCC/C=C\C/C=C\C/C=C\C/C=C\CCCC(CC(=O)NC(CO)C(O)CCCCCCCCCCCCCCCC)OC(=O)CC/C=C/C/C=C\CCCCCCCC. The van der Waals surface area contributed by atoms with Crippen molar-refractivity contribution in [3.8, 4) is 0 Å². The zero-order valence-electron chi connectivity index (χ0n) is 41.4. The van der Waals surface area contributed by atoms with Gasteiger partial charge in [0.25, 0.3) is 0 Å². The van der Waals surface area contributed by atoms with Crippen molar-refractivity contribution in [3.63, 3.8) is 0 Å². The largest absolute Gasteiger partial charge is 0.462 e. The van der Waals surface area contributed by atoms with Gasteiger partial charge >= 0.3 is 5.97 Å². The first kappa shape index (κ1) is 60.3. The summed E-state index contributed by atoms with van der Waals surface area (Å²) in [4.78, 5) is 26.1. The molecule has 6 heteroatoms. The van der Waals surface area contributed by atoms with Crippen LogP contribution in [0.5, 0.6) is 0 Å². The first-order valence-electron chi connectivity index (χ1n) is 26.7. The Hall–Kier alpha value is -2.70. The van der Waals surface area contributed by atoms with Crippen molar-refractivity contribution in [1.82, 2.24) is 5.32 Å². The molecule has 364 valence electrons. The highest BCUT2D eigenvalue weighted by molar-refractivity contribution is 5.77. The minimum absolute atomic E-state index is 0.0155. The normalized spacial score (nSPS) is 13.8. The number of esters is 1. The number of carbonyl (C=O) groups excluding carboxylic acids is 2. The van der Waals surface area contributed by atoms with E-state index in [0.717, 1.165) is 64.2 Å². The van der Waals surface area contributed by atoms with Crippen LogP contribution in [0.15, 0.2) is 72.9 Å². The summed E-state index contributed by atoms with van der Waals surface area (Å²) < 4.78 is 5.87. The molecule has 0 bridgehead atoms. The Kier molecular flexibility index (Phi) is 48.1. The Bertz CT molecular complexity index is 1170. The van der Waals surface area contributed by atoms with Crippen LogP contribution >= 0.6 is 0 Å². The predicted octanol–water partition coefficient (Wildman–Crippen LogP) is 16.2. The molecule has 0 aromatic carbocycles. The number of aliphatic hydroxyl groups is 2. The highest BCUT2D eigenvalue weighted by Gasteiger charge is 2.23. The van der Waals surface area contributed by atoms with Gasteiger partial charge in [-0.25, -0.2) is 0 Å². The smallest absolute Gasteiger partial charge is 0.306 e. The lowest BCUT2D eigenvalue weighted by atomic mass is 10.0. The second kappa shape index (κ2) is 50.3. The van der Waals surface area contributed by atoms with Crippen molar-refractivity contribution in [3.05, 3.63) is 72.9 Å². The Labute approximate surface area is 390 Å². The molecule has 0 aliphatic rings. The third-order valence-corrected chi connectivity index (χ3v) is 11.8. The Morgan fingerprint density at radius 1 is 0.460 bits per heavy atom. The average Bonchev–Trinajstić information content (AvgIpc) is 3.28. The molecule has 0 radical (unpaired) electrons. The molecule has 3 atom stereocenters. The van der Waals surface area contributed by atoms with E-state index in [1.54, 1.807) is 0 Å². The topological polar surface area (TPSA) is 95.9 Å². The van der Waals surface area contributed by atoms with Crippen LogP contribution in [-0.4, -0.2) is 46.9 Å². The number of aliphatic hydroxyl groups excluding tert-OH is 2. The molecule has 0 spiro atoms. The van der Waals surface area contributed by atoms with Gasteiger partial charge in [0.2, 0.25) is 5.91 Å². The van der Waals surface area contributed by atoms with E-state index < -0.39 is 18.2 Å². The molecule has 0 saturated heterocycles. The predicted molar refractivity (Wildman–Crippen MR) is 273 cm³/mol. The van der Waals surface area contributed by atoms with E-state index >= 15 is 0 Å². The van der Waals surface area contributed by atoms with Crippen LogP contribution in [-0.2, 0) is 14.3 Å². The van der Waals surface area contributed by atoms with Gasteiger partial charge in [0, 0.05) is 6.42 Å². The van der Waals surface area contributed by atoms with Crippen molar-refractivity contribution >= 4 is 11.9 Å². The highest BCUT2D eigenvalue weighted by Crippen LogP contribution is 2.16. The van der Waals surface area contributed by atoms with Gasteiger partial charge in [0.1, 0.15) is 6.10 Å². The summed E-state index contributed by atoms with van der Waals surface area (Å²) >= 11 is 0. The van der Waals surface area contributed by atoms with Crippen LogP contribution < -0.4 is 5.32 Å². The fourth-order valence-corrected chi connectivity index (χ4v) is 7.71. The van der Waals surface area contributed by atoms with Crippen LogP contribution in [0.3, 0.4) is 0 Å². The van der Waals surface area contributed by atoms with Gasteiger partial charge in [-0.1, -0.05) is 229 Å². The molecule has 3 unspecified atom stereocenters. The number of carbonyl (C=O) groups is 2. The summed E-state index contributed by atoms with van der Waals surface area (Å²) in [5.74, 6) is -0.609. The third-order valence-electron chi connectivity index (χ3n) is 11.8. The second-order valence-electron chi connectivity index (χ2n) is 17.9. The van der Waals surface area contributed by atoms with Crippen molar-refractivity contribution < 1.29 is 24.5 Å². The van der Waals surface area contributed by atoms with Gasteiger partial charge in [-0.05, 0) is 83.5 Å². The molecule has 1 amide bonds. The number of allylic oxidation sites excluding steroid dienone is 12. The number of hydrogen-bond donors (Lipinski definition) is 3. The van der Waals surface area contributed by atoms with E-state index in [0.29, 0.717) is 19.3 Å². The van der Waals surface area contributed by atoms with Crippen molar-refractivity contribution in [2.45, 2.75) is 270 Å². The van der Waals surface area contributed by atoms with Crippen molar-refractivity contribution in [1.29, 1.82) is 0 Å². The third kappa shape index (κ3) is 45.7. The van der Waals surface area contributed by atoms with E-state index in [1.807, 2.05) is 6.08 Å². The lowest BCUT2D eigenvalue weighted by molar-refractivity contribution is -0.150. The molecular formula is C57H101NO5. The van der Waals surface area contributed by atoms with E-state index in [2.05, 4.69) is 92.9 Å². The van der Waals surface area contributed by atoms with Gasteiger partial charge < -0.3 is 20.3 Å². The lowest BCUT2D eigenvalue weighted by Gasteiger charge is -2.24. The van der Waals surface area contributed by atoms with E-state index in [9.17, 15) is 19.8 Å². The molecular weight excluding hydrogens is 779 g/mol. The first-order chi connectivity index (χ1) is 31.0. The fourth-order valence-electron chi connectivity index (χ4n) is 7.71. The summed E-state index contributed by atoms with van der Waals surface area (Å²) in [5, 5.41) is 23.8. The van der Waals surface area contributed by atoms with Crippen molar-refractivity contribution in [2.75, 3.05) is 6.61 Å². The summed E-state index contributed by atoms with van der Waals surface area (Å²) in [6.45, 7) is 6.42. The molecule has 0 fully saturated rings. The maximum Gasteiger partial charge on any atom is 0.306 e. The molecule has 6 nitrogen and oxygen atoms in total. The van der Waals surface area contributed by atoms with Crippen LogP contribution in [0.1, 0.15) is 252 Å². The molecule has 0 aliphatic heterocycles. The Balaban J connectivity index is 4.75. The highest BCUT2D eigenvalue weighted by atomic mass is 16.5. The number of hydrogen-bond acceptors (Lipinski definition) is 5. The van der Waals surface area contributed by atoms with Gasteiger partial charge in [0.15, 0.2) is 0 Å². The Morgan fingerprint density at radius 2 is 0.825 bits per heavy atom. The van der Waals surface area contributed by atoms with Gasteiger partial charge in [-0.2, -0.15) is 0 Å². The zero-order valence-corrected chi connectivity index (χ0v) is 41.4. The van der Waals surface area contributed by atoms with E-state index in [1.165, 1.54) is 135 Å². The standard InChI is InChI=1S/C57H101NO5/c1-4-7-10-13-16-19-22-25-27-28-29-31-33-36-39-42-45-48-53(63-57(62)50-47-44-41-38-35-30-24-21-18-15-12-9-6-3)51-56(61)58-54(52-59)55(60)49-46-43-40-37-34-32-26-23-20-17-14-11-8-5-2/h16,19,25,27,29-31,35-36,39,41,44,53-55,59-60H,4-15,17-18,20-24,26,28,32-34,37-38,40,42-43,45-52H2,1-3H3,(H,58,61)/b19-16-,27-25-,31-29-,35-30-,39-36-,44-41+. The molecule has 0 aliphatic carbocycles. The average molecular weight is 880 g/mol. The van der Waals surface area contributed by atoms with Gasteiger partial charge in [-0.15, -0.1) is 0 Å². The van der Waals surface area contributed by atoms with Crippen LogP contribution in [0.25, 0.3) is 0 Å². The number of ether oxygens (including phenoxy) is 1. The molecule has 63 heavy (non-hydrogen) atoms. The van der Waals surface area contributed by atoms with E-state index in [4.69, 9.17) is 4.74 Å². The summed E-state index contributed by atoms with van der Waals surface area (Å²) in [6.07, 6.45) is 64.0. The molecule has 0 rings (SSSR count). The van der Waals surface area contributed by atoms with Crippen molar-refractivity contribution in [2.24, 2.45) is 0 Å². The minimum Gasteiger partial charge on any atom is -0.462 e. The monoisotopic (exact) mass is 880 g/mol.